The molecule has 2 N–H and O–H groups in total. The predicted octanol–water partition coefficient (Wildman–Crippen LogP) is 5.04. The molecule has 0 aliphatic heterocycles. The number of likely N-dealkylation sites (N-methyl/N-ethyl adjacent to an activating group) is 1. The maximum Gasteiger partial charge on any atom is 0.0797 e. The van der Waals surface area contributed by atoms with Crippen LogP contribution in [0, 0.1) is 5.41 Å². The molecule has 2 aliphatic carbocycles. The molecule has 0 radical (unpaired) electrons. The van der Waals surface area contributed by atoms with Crippen molar-refractivity contribution in [3.63, 3.8) is 0 Å². The Bertz CT molecular complexity index is 614. The number of nitrogen functional groups attached to an aromatic ring is 1. The highest BCUT2D eigenvalue weighted by atomic mass is 16.5. The molecule has 0 amide bonds. The van der Waals surface area contributed by atoms with Crippen LogP contribution in [0.25, 0.3) is 5.57 Å². The molecule has 1 fully saturated rings. The summed E-state index contributed by atoms with van der Waals surface area (Å²) in [6.07, 6.45) is 12.0. The summed E-state index contributed by atoms with van der Waals surface area (Å²) in [6.45, 7) is 3.83. The Labute approximate surface area is 153 Å². The summed E-state index contributed by atoms with van der Waals surface area (Å²) in [5.41, 5.74) is 11.7. The molecule has 1 unspecified atom stereocenters. The van der Waals surface area contributed by atoms with Gasteiger partial charge in [0, 0.05) is 17.8 Å². The van der Waals surface area contributed by atoms with E-state index in [2.05, 4.69) is 50.2 Å². The van der Waals surface area contributed by atoms with Gasteiger partial charge in [0.25, 0.3) is 0 Å². The molecule has 3 heteroatoms. The van der Waals surface area contributed by atoms with E-state index in [-0.39, 0.29) is 6.10 Å². The van der Waals surface area contributed by atoms with Crippen molar-refractivity contribution in [1.82, 2.24) is 4.90 Å². The third-order valence-corrected chi connectivity index (χ3v) is 6.17. The highest BCUT2D eigenvalue weighted by molar-refractivity contribution is 5.76. The molecule has 2 aliphatic rings. The van der Waals surface area contributed by atoms with Gasteiger partial charge in [0.1, 0.15) is 0 Å². The summed E-state index contributed by atoms with van der Waals surface area (Å²) in [6, 6.07) is 6.42. The van der Waals surface area contributed by atoms with Crippen molar-refractivity contribution in [2.24, 2.45) is 5.41 Å². The van der Waals surface area contributed by atoms with Gasteiger partial charge < -0.3 is 15.4 Å². The fourth-order valence-corrected chi connectivity index (χ4v) is 4.38. The van der Waals surface area contributed by atoms with E-state index in [1.165, 1.54) is 61.6 Å². The number of ether oxygens (including phenoxy) is 1. The molecule has 1 spiro atoms. The van der Waals surface area contributed by atoms with Gasteiger partial charge in [-0.3, -0.25) is 0 Å². The first kappa shape index (κ1) is 18.5. The highest BCUT2D eigenvalue weighted by Crippen LogP contribution is 2.50. The first-order valence-corrected chi connectivity index (χ1v) is 9.84. The van der Waals surface area contributed by atoms with E-state index in [1.807, 2.05) is 0 Å². The zero-order chi connectivity index (χ0) is 17.9. The number of allylic oxidation sites excluding steroid dienone is 2. The molecular formula is C22H34N2O. The van der Waals surface area contributed by atoms with E-state index in [1.54, 1.807) is 0 Å². The van der Waals surface area contributed by atoms with E-state index < -0.39 is 0 Å². The minimum Gasteiger partial charge on any atom is -0.398 e. The molecule has 25 heavy (non-hydrogen) atoms. The van der Waals surface area contributed by atoms with Crippen molar-refractivity contribution in [2.45, 2.75) is 58.0 Å². The van der Waals surface area contributed by atoms with Gasteiger partial charge in [0.2, 0.25) is 0 Å². The van der Waals surface area contributed by atoms with Crippen LogP contribution in [0.3, 0.4) is 0 Å². The molecule has 0 aromatic heterocycles. The molecule has 1 saturated carbocycles. The van der Waals surface area contributed by atoms with Gasteiger partial charge in [-0.1, -0.05) is 25.0 Å². The minimum atomic E-state index is 0.102. The number of hydrogen-bond donors (Lipinski definition) is 1. The van der Waals surface area contributed by atoms with Crippen molar-refractivity contribution in [3.05, 3.63) is 35.4 Å². The standard InChI is InChI=1S/C22H34N2O/c1-17(25-15-14-24(2)3)19-6-7-21(23)20(16-19)18-8-12-22(13-9-18)10-4-5-11-22/h6-8,16-17H,4-5,9-15,23H2,1-3H3. The van der Waals surface area contributed by atoms with Crippen LogP contribution < -0.4 is 5.73 Å². The first-order chi connectivity index (χ1) is 12.0. The topological polar surface area (TPSA) is 38.5 Å². The summed E-state index contributed by atoms with van der Waals surface area (Å²) in [5, 5.41) is 0. The maximum absolute atomic E-state index is 6.32. The van der Waals surface area contributed by atoms with Gasteiger partial charge >= 0.3 is 0 Å². The van der Waals surface area contributed by atoms with Crippen molar-refractivity contribution in [1.29, 1.82) is 0 Å². The van der Waals surface area contributed by atoms with Crippen LogP contribution >= 0.6 is 0 Å². The van der Waals surface area contributed by atoms with E-state index in [0.717, 1.165) is 18.8 Å². The average molecular weight is 343 g/mol. The number of nitrogens with two attached hydrogens (primary N) is 1. The molecule has 0 saturated heterocycles. The number of hydrogen-bond acceptors (Lipinski definition) is 3. The zero-order valence-corrected chi connectivity index (χ0v) is 16.2. The van der Waals surface area contributed by atoms with Crippen molar-refractivity contribution < 1.29 is 4.74 Å². The lowest BCUT2D eigenvalue weighted by molar-refractivity contribution is 0.0555. The van der Waals surface area contributed by atoms with E-state index >= 15 is 0 Å². The molecule has 1 aromatic carbocycles. The lowest BCUT2D eigenvalue weighted by atomic mass is 9.72. The van der Waals surface area contributed by atoms with Gasteiger partial charge in [-0.2, -0.15) is 0 Å². The third-order valence-electron chi connectivity index (χ3n) is 6.17. The van der Waals surface area contributed by atoms with Crippen LogP contribution in [0.15, 0.2) is 24.3 Å². The predicted molar refractivity (Wildman–Crippen MR) is 107 cm³/mol. The van der Waals surface area contributed by atoms with Crippen LogP contribution in [0.4, 0.5) is 5.69 Å². The quantitative estimate of drug-likeness (QED) is 0.736. The molecule has 0 bridgehead atoms. The monoisotopic (exact) mass is 342 g/mol. The second kappa shape index (κ2) is 7.92. The molecule has 138 valence electrons. The lowest BCUT2D eigenvalue weighted by Gasteiger charge is -2.33. The van der Waals surface area contributed by atoms with Crippen LogP contribution in [0.1, 0.15) is 69.1 Å². The Hall–Kier alpha value is -1.32. The van der Waals surface area contributed by atoms with Gasteiger partial charge in [-0.25, -0.2) is 0 Å². The van der Waals surface area contributed by atoms with Gasteiger partial charge in [-0.15, -0.1) is 0 Å². The second-order valence-corrected chi connectivity index (χ2v) is 8.30. The Balaban J connectivity index is 1.70. The molecular weight excluding hydrogens is 308 g/mol. The maximum atomic E-state index is 6.32. The van der Waals surface area contributed by atoms with Crippen molar-refractivity contribution >= 4 is 11.3 Å². The molecule has 0 heterocycles. The second-order valence-electron chi connectivity index (χ2n) is 8.30. The first-order valence-electron chi connectivity index (χ1n) is 9.84. The third kappa shape index (κ3) is 4.45. The van der Waals surface area contributed by atoms with Gasteiger partial charge in [0.05, 0.1) is 12.7 Å². The van der Waals surface area contributed by atoms with Crippen LogP contribution in [-0.2, 0) is 4.74 Å². The van der Waals surface area contributed by atoms with Crippen LogP contribution in [-0.4, -0.2) is 32.1 Å². The SMILES string of the molecule is CC(OCCN(C)C)c1ccc(N)c(C2=CCC3(CCCC3)CC2)c1. The van der Waals surface area contributed by atoms with Gasteiger partial charge in [0.15, 0.2) is 0 Å². The normalized spacial score (nSPS) is 20.9. The van der Waals surface area contributed by atoms with Crippen LogP contribution in [0.2, 0.25) is 0 Å². The number of benzene rings is 1. The summed E-state index contributed by atoms with van der Waals surface area (Å²) in [5.74, 6) is 0. The number of rotatable bonds is 6. The van der Waals surface area contributed by atoms with Crippen molar-refractivity contribution in [2.75, 3.05) is 33.0 Å². The molecule has 3 nitrogen and oxygen atoms in total. The average Bonchev–Trinajstić information content (AvgIpc) is 3.04. The molecule has 3 rings (SSSR count). The summed E-state index contributed by atoms with van der Waals surface area (Å²) in [4.78, 5) is 2.15. The van der Waals surface area contributed by atoms with E-state index in [0.29, 0.717) is 5.41 Å². The Morgan fingerprint density at radius 2 is 1.96 bits per heavy atom. The van der Waals surface area contributed by atoms with E-state index in [9.17, 15) is 0 Å². The highest BCUT2D eigenvalue weighted by Gasteiger charge is 2.35. The van der Waals surface area contributed by atoms with E-state index in [4.69, 9.17) is 10.5 Å². The molecule has 1 aromatic rings. The summed E-state index contributed by atoms with van der Waals surface area (Å²) in [7, 11) is 4.14. The zero-order valence-electron chi connectivity index (χ0n) is 16.2. The van der Waals surface area contributed by atoms with Crippen LogP contribution in [0.5, 0.6) is 0 Å². The fraction of sp³-hybridized carbons (Fsp3) is 0.636. The number of anilines is 1. The van der Waals surface area contributed by atoms with Gasteiger partial charge in [-0.05, 0) is 81.8 Å². The molecule has 1 atom stereocenters. The Morgan fingerprint density at radius 3 is 2.60 bits per heavy atom. The largest absolute Gasteiger partial charge is 0.398 e. The smallest absolute Gasteiger partial charge is 0.0797 e. The minimum absolute atomic E-state index is 0.102. The Morgan fingerprint density at radius 1 is 1.20 bits per heavy atom. The van der Waals surface area contributed by atoms with Crippen molar-refractivity contribution in [3.8, 4) is 0 Å². The fourth-order valence-electron chi connectivity index (χ4n) is 4.38. The summed E-state index contributed by atoms with van der Waals surface area (Å²) >= 11 is 0. The Kier molecular flexibility index (Phi) is 5.85. The number of nitrogens with zero attached hydrogens (tertiary/aromatic N) is 1. The lowest BCUT2D eigenvalue weighted by Crippen LogP contribution is -2.19. The summed E-state index contributed by atoms with van der Waals surface area (Å²) < 4.78 is 6.00.